The molecule has 2 aromatic rings. The number of carboxylic acid groups (broad SMARTS) is 1. The van der Waals surface area contributed by atoms with Gasteiger partial charge < -0.3 is 5.11 Å². The SMILES string of the molecule is O=C(O)Cc1ccc(S(=O)(=O)Cc2ccccc2Cl)cc1. The molecule has 6 heteroatoms. The van der Waals surface area contributed by atoms with Crippen molar-refractivity contribution >= 4 is 27.4 Å². The van der Waals surface area contributed by atoms with Gasteiger partial charge in [0.25, 0.3) is 0 Å². The molecule has 0 unspecified atom stereocenters. The van der Waals surface area contributed by atoms with Gasteiger partial charge in [0.2, 0.25) is 0 Å². The first-order valence-electron chi connectivity index (χ1n) is 6.15. The van der Waals surface area contributed by atoms with Crippen LogP contribution in [-0.4, -0.2) is 19.5 Å². The first-order chi connectivity index (χ1) is 9.88. The van der Waals surface area contributed by atoms with Crippen LogP contribution in [0.1, 0.15) is 11.1 Å². The minimum atomic E-state index is -3.51. The predicted molar refractivity (Wildman–Crippen MR) is 80.1 cm³/mol. The maximum atomic E-state index is 12.3. The van der Waals surface area contributed by atoms with Crippen LogP contribution in [0.3, 0.4) is 0 Å². The van der Waals surface area contributed by atoms with Crippen LogP contribution in [0.4, 0.5) is 0 Å². The van der Waals surface area contributed by atoms with Gasteiger partial charge in [-0.3, -0.25) is 4.79 Å². The fourth-order valence-corrected chi connectivity index (χ4v) is 3.55. The molecule has 0 saturated carbocycles. The van der Waals surface area contributed by atoms with Crippen molar-refractivity contribution in [3.8, 4) is 0 Å². The van der Waals surface area contributed by atoms with Crippen LogP contribution in [0, 0.1) is 0 Å². The number of benzene rings is 2. The molecule has 2 rings (SSSR count). The number of halogens is 1. The van der Waals surface area contributed by atoms with E-state index in [4.69, 9.17) is 16.7 Å². The second-order valence-electron chi connectivity index (χ2n) is 4.56. The van der Waals surface area contributed by atoms with E-state index >= 15 is 0 Å². The molecule has 1 N–H and O–H groups in total. The highest BCUT2D eigenvalue weighted by Gasteiger charge is 2.17. The molecule has 0 aromatic heterocycles. The second kappa shape index (κ2) is 6.28. The van der Waals surface area contributed by atoms with E-state index in [1.807, 2.05) is 0 Å². The molecule has 0 saturated heterocycles. The van der Waals surface area contributed by atoms with Gasteiger partial charge in [0.1, 0.15) is 0 Å². The van der Waals surface area contributed by atoms with Gasteiger partial charge in [0.05, 0.1) is 17.1 Å². The number of sulfone groups is 1. The van der Waals surface area contributed by atoms with Crippen molar-refractivity contribution in [1.82, 2.24) is 0 Å². The molecule has 0 atom stereocenters. The van der Waals surface area contributed by atoms with Crippen LogP contribution in [0.15, 0.2) is 53.4 Å². The highest BCUT2D eigenvalue weighted by atomic mass is 35.5. The fraction of sp³-hybridized carbons (Fsp3) is 0.133. The van der Waals surface area contributed by atoms with Crippen LogP contribution in [-0.2, 0) is 26.8 Å². The molecule has 0 spiro atoms. The molecule has 0 heterocycles. The quantitative estimate of drug-likeness (QED) is 0.918. The molecule has 0 amide bonds. The van der Waals surface area contributed by atoms with Crippen LogP contribution in [0.5, 0.6) is 0 Å². The Morgan fingerprint density at radius 3 is 2.24 bits per heavy atom. The van der Waals surface area contributed by atoms with Gasteiger partial charge in [-0.25, -0.2) is 8.42 Å². The maximum absolute atomic E-state index is 12.3. The van der Waals surface area contributed by atoms with E-state index in [9.17, 15) is 13.2 Å². The normalized spacial score (nSPS) is 11.3. The first kappa shape index (κ1) is 15.5. The Kier molecular flexibility index (Phi) is 4.65. The number of aliphatic carboxylic acids is 1. The van der Waals surface area contributed by atoms with Crippen molar-refractivity contribution in [3.63, 3.8) is 0 Å². The Bertz CT molecular complexity index is 751. The standard InChI is InChI=1S/C15H13ClO4S/c16-14-4-2-1-3-12(14)10-21(19,20)13-7-5-11(6-8-13)9-15(17)18/h1-8H,9-10H2,(H,17,18). The van der Waals surface area contributed by atoms with E-state index < -0.39 is 15.8 Å². The fourth-order valence-electron chi connectivity index (χ4n) is 1.89. The molecule has 21 heavy (non-hydrogen) atoms. The van der Waals surface area contributed by atoms with E-state index in [1.165, 1.54) is 24.3 Å². The van der Waals surface area contributed by atoms with Gasteiger partial charge in [0, 0.05) is 5.02 Å². The number of carboxylic acids is 1. The molecule has 0 aliphatic carbocycles. The average molecular weight is 325 g/mol. The van der Waals surface area contributed by atoms with Crippen LogP contribution >= 0.6 is 11.6 Å². The third-order valence-corrected chi connectivity index (χ3v) is 4.99. The minimum absolute atomic E-state index is 0.134. The largest absolute Gasteiger partial charge is 0.481 e. The van der Waals surface area contributed by atoms with Crippen molar-refractivity contribution in [2.45, 2.75) is 17.1 Å². The van der Waals surface area contributed by atoms with Crippen molar-refractivity contribution in [2.24, 2.45) is 0 Å². The zero-order valence-electron chi connectivity index (χ0n) is 11.0. The van der Waals surface area contributed by atoms with Gasteiger partial charge in [0.15, 0.2) is 9.84 Å². The average Bonchev–Trinajstić information content (AvgIpc) is 2.41. The Balaban J connectivity index is 2.24. The number of hydrogen-bond donors (Lipinski definition) is 1. The third-order valence-electron chi connectivity index (χ3n) is 2.94. The van der Waals surface area contributed by atoms with Gasteiger partial charge in [-0.1, -0.05) is 41.9 Å². The van der Waals surface area contributed by atoms with E-state index in [0.717, 1.165) is 0 Å². The smallest absolute Gasteiger partial charge is 0.307 e. The molecular formula is C15H13ClO4S. The molecule has 0 radical (unpaired) electrons. The predicted octanol–water partition coefficient (Wildman–Crippen LogP) is 2.94. The molecule has 0 aliphatic heterocycles. The molecule has 0 aliphatic rings. The lowest BCUT2D eigenvalue weighted by Gasteiger charge is -2.07. The summed E-state index contributed by atoms with van der Waals surface area (Å²) < 4.78 is 24.6. The second-order valence-corrected chi connectivity index (χ2v) is 6.96. The van der Waals surface area contributed by atoms with Crippen molar-refractivity contribution in [2.75, 3.05) is 0 Å². The molecule has 2 aromatic carbocycles. The molecule has 4 nitrogen and oxygen atoms in total. The van der Waals surface area contributed by atoms with E-state index in [0.29, 0.717) is 16.1 Å². The van der Waals surface area contributed by atoms with E-state index in [-0.39, 0.29) is 17.1 Å². The summed E-state index contributed by atoms with van der Waals surface area (Å²) in [6.45, 7) is 0. The summed E-state index contributed by atoms with van der Waals surface area (Å²) in [5.41, 5.74) is 1.09. The monoisotopic (exact) mass is 324 g/mol. The maximum Gasteiger partial charge on any atom is 0.307 e. The zero-order chi connectivity index (χ0) is 15.5. The first-order valence-corrected chi connectivity index (χ1v) is 8.18. The molecule has 110 valence electrons. The number of rotatable bonds is 5. The minimum Gasteiger partial charge on any atom is -0.481 e. The summed E-state index contributed by atoms with van der Waals surface area (Å²) in [4.78, 5) is 10.7. The lowest BCUT2D eigenvalue weighted by atomic mass is 10.2. The number of carbonyl (C=O) groups is 1. The van der Waals surface area contributed by atoms with Gasteiger partial charge in [-0.05, 0) is 29.3 Å². The Labute approximate surface area is 127 Å². The third kappa shape index (κ3) is 4.06. The number of hydrogen-bond acceptors (Lipinski definition) is 3. The Hall–Kier alpha value is -1.85. The van der Waals surface area contributed by atoms with Crippen LogP contribution < -0.4 is 0 Å². The summed E-state index contributed by atoms with van der Waals surface area (Å²) in [5.74, 6) is -1.15. The summed E-state index contributed by atoms with van der Waals surface area (Å²) in [6, 6.07) is 12.6. The lowest BCUT2D eigenvalue weighted by Crippen LogP contribution is -2.06. The Morgan fingerprint density at radius 1 is 1.05 bits per heavy atom. The Morgan fingerprint density at radius 2 is 1.67 bits per heavy atom. The summed E-state index contributed by atoms with van der Waals surface area (Å²) in [6.07, 6.45) is -0.134. The molecule has 0 fully saturated rings. The van der Waals surface area contributed by atoms with Crippen LogP contribution in [0.2, 0.25) is 5.02 Å². The van der Waals surface area contributed by atoms with E-state index in [2.05, 4.69) is 0 Å². The highest BCUT2D eigenvalue weighted by Crippen LogP contribution is 2.22. The highest BCUT2D eigenvalue weighted by molar-refractivity contribution is 7.90. The summed E-state index contributed by atoms with van der Waals surface area (Å²) in [7, 11) is -3.51. The molecular weight excluding hydrogens is 312 g/mol. The van der Waals surface area contributed by atoms with Gasteiger partial charge in [-0.2, -0.15) is 0 Å². The summed E-state index contributed by atoms with van der Waals surface area (Å²) in [5, 5.41) is 9.09. The van der Waals surface area contributed by atoms with Crippen LogP contribution in [0.25, 0.3) is 0 Å². The van der Waals surface area contributed by atoms with Crippen molar-refractivity contribution < 1.29 is 18.3 Å². The zero-order valence-corrected chi connectivity index (χ0v) is 12.6. The van der Waals surface area contributed by atoms with Gasteiger partial charge in [-0.15, -0.1) is 0 Å². The topological polar surface area (TPSA) is 71.4 Å². The van der Waals surface area contributed by atoms with Crippen molar-refractivity contribution in [3.05, 3.63) is 64.7 Å². The summed E-state index contributed by atoms with van der Waals surface area (Å²) >= 11 is 5.97. The van der Waals surface area contributed by atoms with Crippen molar-refractivity contribution in [1.29, 1.82) is 0 Å². The molecule has 0 bridgehead atoms. The van der Waals surface area contributed by atoms with Gasteiger partial charge >= 0.3 is 5.97 Å². The van der Waals surface area contributed by atoms with E-state index in [1.54, 1.807) is 24.3 Å². The lowest BCUT2D eigenvalue weighted by molar-refractivity contribution is -0.136.